The predicted octanol–water partition coefficient (Wildman–Crippen LogP) is 2.17. The van der Waals surface area contributed by atoms with Crippen LogP contribution in [0.5, 0.6) is 0 Å². The maximum atomic E-state index is 6.23. The number of benzene rings is 1. The number of rotatable bonds is 1. The number of nitrogens with two attached hydrogens (primary N) is 1. The molecule has 1 heterocycles. The number of fused-ring (bicyclic) bond motifs is 1. The second kappa shape index (κ2) is 3.43. The van der Waals surface area contributed by atoms with Crippen molar-refractivity contribution in [2.75, 3.05) is 7.11 Å². The lowest BCUT2D eigenvalue weighted by molar-refractivity contribution is -0.00335. The topological polar surface area (TPSA) is 47.6 Å². The van der Waals surface area contributed by atoms with Gasteiger partial charge in [-0.05, 0) is 25.0 Å². The number of hydrogen-bond acceptors (Lipinski definition) is 3. The van der Waals surface area contributed by atoms with E-state index in [1.54, 1.807) is 7.11 Å². The summed E-state index contributed by atoms with van der Waals surface area (Å²) in [5.74, 6) is 0. The molecule has 15 heavy (non-hydrogen) atoms. The molecule has 80 valence electrons. The van der Waals surface area contributed by atoms with Crippen LogP contribution in [0.3, 0.4) is 0 Å². The summed E-state index contributed by atoms with van der Waals surface area (Å²) in [6.07, 6.45) is 2.46. The number of aliphatic imine (C=N–C) groups is 1. The first-order valence-electron chi connectivity index (χ1n) is 5.06. The van der Waals surface area contributed by atoms with Crippen molar-refractivity contribution in [2.45, 2.75) is 26.0 Å². The molecule has 0 aliphatic carbocycles. The highest BCUT2D eigenvalue weighted by Gasteiger charge is 2.33. The summed E-state index contributed by atoms with van der Waals surface area (Å²) in [5, 5.41) is 0. The van der Waals surface area contributed by atoms with Crippen LogP contribution in [-0.2, 0) is 10.5 Å². The van der Waals surface area contributed by atoms with E-state index in [-0.39, 0.29) is 0 Å². The first-order chi connectivity index (χ1) is 7.08. The molecule has 0 spiro atoms. The van der Waals surface area contributed by atoms with E-state index in [1.165, 1.54) is 0 Å². The Bertz CT molecular complexity index is 426. The molecule has 0 aromatic heterocycles. The normalized spacial score (nSPS) is 24.0. The zero-order chi connectivity index (χ0) is 11.1. The van der Waals surface area contributed by atoms with E-state index in [9.17, 15) is 0 Å². The minimum Gasteiger partial charge on any atom is -0.359 e. The maximum Gasteiger partial charge on any atom is 0.149 e. The van der Waals surface area contributed by atoms with Gasteiger partial charge < -0.3 is 4.74 Å². The minimum absolute atomic E-state index is 0.626. The third-order valence-electron chi connectivity index (χ3n) is 2.99. The van der Waals surface area contributed by atoms with Crippen LogP contribution in [0, 0.1) is 13.8 Å². The fourth-order valence-corrected chi connectivity index (χ4v) is 2.06. The van der Waals surface area contributed by atoms with Crippen molar-refractivity contribution in [1.82, 2.24) is 0 Å². The predicted molar refractivity (Wildman–Crippen MR) is 61.6 cm³/mol. The Balaban J connectivity index is 2.71. The van der Waals surface area contributed by atoms with Crippen molar-refractivity contribution < 1.29 is 4.74 Å². The van der Waals surface area contributed by atoms with Gasteiger partial charge in [0.15, 0.2) is 0 Å². The molecule has 0 amide bonds. The van der Waals surface area contributed by atoms with E-state index in [2.05, 4.69) is 17.1 Å². The van der Waals surface area contributed by atoms with E-state index in [0.29, 0.717) is 6.42 Å². The third-order valence-corrected chi connectivity index (χ3v) is 2.99. The van der Waals surface area contributed by atoms with Crippen LogP contribution in [0.4, 0.5) is 5.69 Å². The summed E-state index contributed by atoms with van der Waals surface area (Å²) in [6, 6.07) is 4.13. The largest absolute Gasteiger partial charge is 0.359 e. The smallest absolute Gasteiger partial charge is 0.149 e. The first-order valence-corrected chi connectivity index (χ1v) is 5.06. The van der Waals surface area contributed by atoms with Crippen molar-refractivity contribution in [2.24, 2.45) is 10.7 Å². The highest BCUT2D eigenvalue weighted by Crippen LogP contribution is 2.38. The van der Waals surface area contributed by atoms with Crippen molar-refractivity contribution in [3.05, 3.63) is 28.8 Å². The molecule has 1 aliphatic rings. The van der Waals surface area contributed by atoms with Gasteiger partial charge in [-0.2, -0.15) is 0 Å². The Morgan fingerprint density at radius 3 is 2.67 bits per heavy atom. The minimum atomic E-state index is -0.715. The molecule has 3 nitrogen and oxygen atoms in total. The average Bonchev–Trinajstić information content (AvgIpc) is 2.24. The Labute approximate surface area is 90.0 Å². The SMILES string of the molecule is COC1(N)CC=Nc2c(C)ccc(C)c21. The van der Waals surface area contributed by atoms with Gasteiger partial charge in [0.05, 0.1) is 5.69 Å². The molecule has 0 fully saturated rings. The van der Waals surface area contributed by atoms with Gasteiger partial charge in [-0.3, -0.25) is 10.7 Å². The summed E-state index contributed by atoms with van der Waals surface area (Å²) in [7, 11) is 1.64. The van der Waals surface area contributed by atoms with Crippen LogP contribution in [0.2, 0.25) is 0 Å². The summed E-state index contributed by atoms with van der Waals surface area (Å²) in [5.41, 5.74) is 9.77. The number of nitrogens with zero attached hydrogens (tertiary/aromatic N) is 1. The van der Waals surface area contributed by atoms with Crippen molar-refractivity contribution in [3.63, 3.8) is 0 Å². The summed E-state index contributed by atoms with van der Waals surface area (Å²) < 4.78 is 5.43. The summed E-state index contributed by atoms with van der Waals surface area (Å²) >= 11 is 0. The van der Waals surface area contributed by atoms with Gasteiger partial charge >= 0.3 is 0 Å². The molecule has 1 aromatic carbocycles. The first kappa shape index (κ1) is 10.3. The van der Waals surface area contributed by atoms with Crippen molar-refractivity contribution >= 4 is 11.9 Å². The number of ether oxygens (including phenoxy) is 1. The average molecular weight is 204 g/mol. The number of hydrogen-bond donors (Lipinski definition) is 1. The third kappa shape index (κ3) is 1.48. The molecule has 0 radical (unpaired) electrons. The van der Waals surface area contributed by atoms with Gasteiger partial charge in [-0.1, -0.05) is 12.1 Å². The summed E-state index contributed by atoms with van der Waals surface area (Å²) in [6.45, 7) is 4.08. The molecule has 2 rings (SSSR count). The molecule has 1 aliphatic heterocycles. The van der Waals surface area contributed by atoms with Gasteiger partial charge in [-0.25, -0.2) is 0 Å². The van der Waals surface area contributed by atoms with E-state index < -0.39 is 5.72 Å². The molecule has 1 aromatic rings. The van der Waals surface area contributed by atoms with Crippen LogP contribution in [0.25, 0.3) is 0 Å². The molecule has 0 bridgehead atoms. The van der Waals surface area contributed by atoms with Gasteiger partial charge in [0.2, 0.25) is 0 Å². The maximum absolute atomic E-state index is 6.23. The van der Waals surface area contributed by atoms with Crippen LogP contribution >= 0.6 is 0 Å². The Morgan fingerprint density at radius 1 is 1.33 bits per heavy atom. The Kier molecular flexibility index (Phi) is 2.37. The fraction of sp³-hybridized carbons (Fsp3) is 0.417. The zero-order valence-corrected chi connectivity index (χ0v) is 9.37. The highest BCUT2D eigenvalue weighted by molar-refractivity contribution is 5.74. The quantitative estimate of drug-likeness (QED) is 0.713. The second-order valence-electron chi connectivity index (χ2n) is 4.03. The lowest BCUT2D eigenvalue weighted by Gasteiger charge is -2.32. The van der Waals surface area contributed by atoms with E-state index in [1.807, 2.05) is 20.1 Å². The fourth-order valence-electron chi connectivity index (χ4n) is 2.06. The lowest BCUT2D eigenvalue weighted by atomic mass is 9.90. The molecular formula is C12H16N2O. The monoisotopic (exact) mass is 204 g/mol. The van der Waals surface area contributed by atoms with E-state index >= 15 is 0 Å². The molecule has 1 atom stereocenters. The number of methoxy groups -OCH3 is 1. The number of aryl methyl sites for hydroxylation is 2. The lowest BCUT2D eigenvalue weighted by Crippen LogP contribution is -2.41. The molecule has 1 unspecified atom stereocenters. The van der Waals surface area contributed by atoms with Gasteiger partial charge in [0, 0.05) is 25.3 Å². The van der Waals surface area contributed by atoms with E-state index in [4.69, 9.17) is 10.5 Å². The molecule has 3 heteroatoms. The van der Waals surface area contributed by atoms with Gasteiger partial charge in [0.1, 0.15) is 5.72 Å². The van der Waals surface area contributed by atoms with Crippen LogP contribution < -0.4 is 5.73 Å². The highest BCUT2D eigenvalue weighted by atomic mass is 16.5. The van der Waals surface area contributed by atoms with Crippen molar-refractivity contribution in [1.29, 1.82) is 0 Å². The van der Waals surface area contributed by atoms with Crippen LogP contribution in [0.1, 0.15) is 23.1 Å². The molecule has 0 saturated heterocycles. The van der Waals surface area contributed by atoms with Crippen molar-refractivity contribution in [3.8, 4) is 0 Å². The summed E-state index contributed by atoms with van der Waals surface area (Å²) in [4.78, 5) is 4.41. The van der Waals surface area contributed by atoms with Crippen LogP contribution in [-0.4, -0.2) is 13.3 Å². The standard InChI is InChI=1S/C12H16N2O/c1-8-4-5-9(2)11-10(8)12(13,15-3)6-7-14-11/h4-5,7H,6,13H2,1-3H3. The van der Waals surface area contributed by atoms with Crippen LogP contribution in [0.15, 0.2) is 17.1 Å². The van der Waals surface area contributed by atoms with E-state index in [0.717, 1.165) is 22.4 Å². The van der Waals surface area contributed by atoms with Gasteiger partial charge in [-0.15, -0.1) is 0 Å². The molecule has 2 N–H and O–H groups in total. The Hall–Kier alpha value is -1.19. The second-order valence-corrected chi connectivity index (χ2v) is 4.03. The molecule has 0 saturated carbocycles. The molecular weight excluding hydrogens is 188 g/mol. The zero-order valence-electron chi connectivity index (χ0n) is 9.37. The Morgan fingerprint density at radius 2 is 2.00 bits per heavy atom. The van der Waals surface area contributed by atoms with Gasteiger partial charge in [0.25, 0.3) is 0 Å².